The van der Waals surface area contributed by atoms with E-state index >= 15 is 0 Å². The lowest BCUT2D eigenvalue weighted by Gasteiger charge is -2.29. The van der Waals surface area contributed by atoms with Gasteiger partial charge < -0.3 is 25.2 Å². The van der Waals surface area contributed by atoms with Crippen LogP contribution >= 0.6 is 0 Å². The number of hydrogen-bond donors (Lipinski definition) is 4. The van der Waals surface area contributed by atoms with E-state index in [9.17, 15) is 10.2 Å². The molecule has 0 amide bonds. The van der Waals surface area contributed by atoms with Crippen molar-refractivity contribution in [2.24, 2.45) is 5.92 Å². The van der Waals surface area contributed by atoms with Crippen molar-refractivity contribution in [3.8, 4) is 0 Å². The zero-order valence-electron chi connectivity index (χ0n) is 9.55. The molecule has 0 saturated heterocycles. The first-order valence-corrected chi connectivity index (χ1v) is 5.15. The molecule has 15 heavy (non-hydrogen) atoms. The van der Waals surface area contributed by atoms with Crippen molar-refractivity contribution >= 4 is 0 Å². The lowest BCUT2D eigenvalue weighted by atomic mass is 9.97. The molecule has 0 aromatic rings. The Kier molecular flexibility index (Phi) is 6.31. The smallest absolute Gasteiger partial charge is 0.167 e. The largest absolute Gasteiger partial charge is 0.394 e. The molecule has 0 heterocycles. The molecule has 5 heteroatoms. The second-order valence-corrected chi connectivity index (χ2v) is 4.22. The Hall–Kier alpha value is -0.200. The molecule has 0 radical (unpaired) electrons. The number of rotatable bonds is 7. The van der Waals surface area contributed by atoms with Crippen LogP contribution < -0.4 is 0 Å². The van der Waals surface area contributed by atoms with Crippen LogP contribution in [-0.4, -0.2) is 51.6 Å². The van der Waals surface area contributed by atoms with Gasteiger partial charge in [-0.25, -0.2) is 0 Å². The third kappa shape index (κ3) is 6.06. The molecule has 5 nitrogen and oxygen atoms in total. The normalized spacial score (nSPS) is 16.8. The van der Waals surface area contributed by atoms with Crippen molar-refractivity contribution in [1.82, 2.24) is 0 Å². The Labute approximate surface area is 90.3 Å². The first-order valence-electron chi connectivity index (χ1n) is 5.15. The first kappa shape index (κ1) is 14.8. The van der Waals surface area contributed by atoms with E-state index in [1.54, 1.807) is 20.8 Å². The van der Waals surface area contributed by atoms with E-state index in [-0.39, 0.29) is 25.6 Å². The van der Waals surface area contributed by atoms with E-state index in [1.165, 1.54) is 0 Å². The Bertz CT molecular complexity index is 167. The van der Waals surface area contributed by atoms with Gasteiger partial charge in [0.15, 0.2) is 5.79 Å². The zero-order valence-corrected chi connectivity index (χ0v) is 9.55. The fourth-order valence-corrected chi connectivity index (χ4v) is 1.02. The van der Waals surface area contributed by atoms with Crippen molar-refractivity contribution in [3.05, 3.63) is 0 Å². The van der Waals surface area contributed by atoms with E-state index < -0.39 is 18.0 Å². The molecular formula is C10H22O5. The quantitative estimate of drug-likeness (QED) is 0.435. The molecule has 0 spiro atoms. The SMILES string of the molecule is CC(O)COC(CO)CC(O)(O)C(C)C. The Morgan fingerprint density at radius 3 is 2.07 bits per heavy atom. The van der Waals surface area contributed by atoms with E-state index in [2.05, 4.69) is 0 Å². The van der Waals surface area contributed by atoms with E-state index in [0.29, 0.717) is 0 Å². The average Bonchev–Trinajstić information content (AvgIpc) is 2.11. The third-order valence-corrected chi connectivity index (χ3v) is 2.23. The summed E-state index contributed by atoms with van der Waals surface area (Å²) < 4.78 is 5.12. The first-order chi connectivity index (χ1) is 6.79. The van der Waals surface area contributed by atoms with Gasteiger partial charge in [-0.3, -0.25) is 0 Å². The summed E-state index contributed by atoms with van der Waals surface area (Å²) in [4.78, 5) is 0. The minimum absolute atomic E-state index is 0.0689. The zero-order chi connectivity index (χ0) is 12.1. The maximum absolute atomic E-state index is 9.56. The summed E-state index contributed by atoms with van der Waals surface area (Å²) >= 11 is 0. The van der Waals surface area contributed by atoms with E-state index in [1.807, 2.05) is 0 Å². The fraction of sp³-hybridized carbons (Fsp3) is 1.00. The minimum atomic E-state index is -1.86. The third-order valence-electron chi connectivity index (χ3n) is 2.23. The number of hydrogen-bond acceptors (Lipinski definition) is 5. The molecule has 0 aliphatic heterocycles. The monoisotopic (exact) mass is 222 g/mol. The fourth-order valence-electron chi connectivity index (χ4n) is 1.02. The van der Waals surface area contributed by atoms with Gasteiger partial charge in [0.25, 0.3) is 0 Å². The highest BCUT2D eigenvalue weighted by Crippen LogP contribution is 2.20. The standard InChI is InChI=1S/C10H22O5/c1-7(2)10(13,14)4-9(5-11)15-6-8(3)12/h7-9,11-14H,4-6H2,1-3H3. The Balaban J connectivity index is 4.08. The molecule has 0 saturated carbocycles. The highest BCUT2D eigenvalue weighted by molar-refractivity contribution is 4.74. The highest BCUT2D eigenvalue weighted by Gasteiger charge is 2.31. The van der Waals surface area contributed by atoms with E-state index in [0.717, 1.165) is 0 Å². The lowest BCUT2D eigenvalue weighted by Crippen LogP contribution is -2.40. The summed E-state index contributed by atoms with van der Waals surface area (Å²) in [6.45, 7) is 4.66. The van der Waals surface area contributed by atoms with Crippen molar-refractivity contribution in [3.63, 3.8) is 0 Å². The van der Waals surface area contributed by atoms with Gasteiger partial charge in [-0.2, -0.15) is 0 Å². The van der Waals surface area contributed by atoms with Crippen LogP contribution in [0.25, 0.3) is 0 Å². The molecule has 2 unspecified atom stereocenters. The summed E-state index contributed by atoms with van der Waals surface area (Å²) in [5.41, 5.74) is 0. The molecule has 0 aromatic heterocycles. The molecular weight excluding hydrogens is 200 g/mol. The Morgan fingerprint density at radius 2 is 1.73 bits per heavy atom. The van der Waals surface area contributed by atoms with Crippen LogP contribution in [0.2, 0.25) is 0 Å². The van der Waals surface area contributed by atoms with Gasteiger partial charge in [0.2, 0.25) is 0 Å². The molecule has 0 aromatic carbocycles. The molecule has 0 aliphatic carbocycles. The highest BCUT2D eigenvalue weighted by atomic mass is 16.5. The van der Waals surface area contributed by atoms with Crippen LogP contribution in [0.4, 0.5) is 0 Å². The number of aliphatic hydroxyl groups excluding tert-OH is 2. The molecule has 92 valence electrons. The van der Waals surface area contributed by atoms with Crippen LogP contribution in [0.15, 0.2) is 0 Å². The maximum atomic E-state index is 9.56. The van der Waals surface area contributed by atoms with Gasteiger partial charge in [-0.15, -0.1) is 0 Å². The van der Waals surface area contributed by atoms with Crippen LogP contribution in [0, 0.1) is 5.92 Å². The van der Waals surface area contributed by atoms with E-state index in [4.69, 9.17) is 14.9 Å². The molecule has 0 fully saturated rings. The van der Waals surface area contributed by atoms with Gasteiger partial charge in [-0.05, 0) is 6.92 Å². The van der Waals surface area contributed by atoms with Crippen LogP contribution in [0.5, 0.6) is 0 Å². The Morgan fingerprint density at radius 1 is 1.20 bits per heavy atom. The van der Waals surface area contributed by atoms with Gasteiger partial charge in [-0.1, -0.05) is 13.8 Å². The predicted molar refractivity (Wildman–Crippen MR) is 55.1 cm³/mol. The van der Waals surface area contributed by atoms with Crippen molar-refractivity contribution < 1.29 is 25.2 Å². The summed E-state index contributed by atoms with van der Waals surface area (Å²) in [5, 5.41) is 37.0. The van der Waals surface area contributed by atoms with Gasteiger partial charge in [0.05, 0.1) is 25.4 Å². The predicted octanol–water partition coefficient (Wildman–Crippen LogP) is -0.528. The lowest BCUT2D eigenvalue weighted by molar-refractivity contribution is -0.217. The molecule has 0 aliphatic rings. The molecule has 0 rings (SSSR count). The summed E-state index contributed by atoms with van der Waals surface area (Å²) in [7, 11) is 0. The number of aliphatic hydroxyl groups is 4. The summed E-state index contributed by atoms with van der Waals surface area (Å²) in [6.07, 6.45) is -1.38. The topological polar surface area (TPSA) is 90.2 Å². The molecule has 2 atom stereocenters. The summed E-state index contributed by atoms with van der Waals surface area (Å²) in [6, 6.07) is 0. The minimum Gasteiger partial charge on any atom is -0.394 e. The maximum Gasteiger partial charge on any atom is 0.167 e. The van der Waals surface area contributed by atoms with Crippen LogP contribution in [0.3, 0.4) is 0 Å². The van der Waals surface area contributed by atoms with Crippen LogP contribution in [0.1, 0.15) is 27.2 Å². The van der Waals surface area contributed by atoms with Crippen molar-refractivity contribution in [1.29, 1.82) is 0 Å². The number of ether oxygens (including phenoxy) is 1. The van der Waals surface area contributed by atoms with Crippen molar-refractivity contribution in [2.45, 2.75) is 45.2 Å². The second-order valence-electron chi connectivity index (χ2n) is 4.22. The van der Waals surface area contributed by atoms with Gasteiger partial charge in [0.1, 0.15) is 0 Å². The van der Waals surface area contributed by atoms with Crippen molar-refractivity contribution in [2.75, 3.05) is 13.2 Å². The summed E-state index contributed by atoms with van der Waals surface area (Å²) in [5.74, 6) is -2.20. The van der Waals surface area contributed by atoms with Gasteiger partial charge in [0, 0.05) is 12.3 Å². The average molecular weight is 222 g/mol. The van der Waals surface area contributed by atoms with Crippen LogP contribution in [-0.2, 0) is 4.74 Å². The van der Waals surface area contributed by atoms with Gasteiger partial charge >= 0.3 is 0 Å². The molecule has 0 bridgehead atoms. The molecule has 4 N–H and O–H groups in total. The second kappa shape index (κ2) is 6.40.